The van der Waals surface area contributed by atoms with Crippen molar-refractivity contribution in [1.29, 1.82) is 0 Å². The van der Waals surface area contributed by atoms with Gasteiger partial charge in [-0.2, -0.15) is 5.10 Å². The van der Waals surface area contributed by atoms with Crippen LogP contribution >= 0.6 is 11.6 Å². The Morgan fingerprint density at radius 1 is 1.28 bits per heavy atom. The summed E-state index contributed by atoms with van der Waals surface area (Å²) in [4.78, 5) is 14.8. The third-order valence-electron chi connectivity index (χ3n) is 6.02. The number of nitrogens with one attached hydrogen (secondary N) is 1. The summed E-state index contributed by atoms with van der Waals surface area (Å²) in [6, 6.07) is 3.75. The Kier molecular flexibility index (Phi) is 5.58. The molecule has 4 rings (SSSR count). The number of benzene rings is 1. The van der Waals surface area contributed by atoms with Gasteiger partial charge < -0.3 is 14.7 Å². The van der Waals surface area contributed by atoms with E-state index in [4.69, 9.17) is 16.3 Å². The van der Waals surface area contributed by atoms with E-state index in [2.05, 4.69) is 10.2 Å². The summed E-state index contributed by atoms with van der Waals surface area (Å²) >= 11 is 6.22. The molecule has 2 heterocycles. The normalized spacial score (nSPS) is 21.7. The van der Waals surface area contributed by atoms with Crippen molar-refractivity contribution in [3.05, 3.63) is 45.2 Å². The van der Waals surface area contributed by atoms with Gasteiger partial charge in [0.25, 0.3) is 5.91 Å². The van der Waals surface area contributed by atoms with E-state index in [-0.39, 0.29) is 19.1 Å². The molecule has 1 aromatic heterocycles. The Hall–Kier alpha value is -2.05. The lowest BCUT2D eigenvalue weighted by atomic mass is 9.92. The minimum Gasteiger partial charge on any atom is -0.491 e. The molecule has 0 saturated carbocycles. The molecule has 6 nitrogen and oxygen atoms in total. The highest BCUT2D eigenvalue weighted by molar-refractivity contribution is 6.32. The maximum atomic E-state index is 13.1. The van der Waals surface area contributed by atoms with E-state index in [1.54, 1.807) is 4.90 Å². The summed E-state index contributed by atoms with van der Waals surface area (Å²) < 4.78 is 5.91. The van der Waals surface area contributed by atoms with E-state index in [9.17, 15) is 9.90 Å². The van der Waals surface area contributed by atoms with Crippen LogP contribution in [0.2, 0.25) is 5.02 Å². The Balaban J connectivity index is 1.44. The lowest BCUT2D eigenvalue weighted by Crippen LogP contribution is -2.53. The van der Waals surface area contributed by atoms with Crippen molar-refractivity contribution in [3.8, 4) is 5.75 Å². The lowest BCUT2D eigenvalue weighted by Gasteiger charge is -2.38. The summed E-state index contributed by atoms with van der Waals surface area (Å²) in [5.74, 6) is 0.586. The standard InChI is InChI=1S/C22H28ClN3O3/c1-14-10-16(11-15(2)19(14)23)29-13-22(28)8-5-9-26(12-22)21(27)20-17-6-3-4-7-18(17)24-25-20/h10-11,28H,3-9,12-13H2,1-2H3,(H,24,25). The molecule has 156 valence electrons. The topological polar surface area (TPSA) is 78.5 Å². The predicted molar refractivity (Wildman–Crippen MR) is 112 cm³/mol. The Bertz CT molecular complexity index is 903. The number of ether oxygens (including phenoxy) is 1. The van der Waals surface area contributed by atoms with Gasteiger partial charge in [0.05, 0.1) is 6.54 Å². The highest BCUT2D eigenvalue weighted by atomic mass is 35.5. The Labute approximate surface area is 176 Å². The van der Waals surface area contributed by atoms with E-state index < -0.39 is 5.60 Å². The van der Waals surface area contributed by atoms with E-state index in [0.29, 0.717) is 24.4 Å². The number of carbonyl (C=O) groups excluding carboxylic acids is 1. The number of aromatic amines is 1. The molecule has 1 saturated heterocycles. The molecule has 7 heteroatoms. The zero-order chi connectivity index (χ0) is 20.6. The Morgan fingerprint density at radius 2 is 2.00 bits per heavy atom. The fourth-order valence-electron chi connectivity index (χ4n) is 4.42. The van der Waals surface area contributed by atoms with Gasteiger partial charge in [-0.15, -0.1) is 0 Å². The van der Waals surface area contributed by atoms with Gasteiger partial charge >= 0.3 is 0 Å². The van der Waals surface area contributed by atoms with E-state index in [0.717, 1.165) is 59.5 Å². The second-order valence-electron chi connectivity index (χ2n) is 8.45. The van der Waals surface area contributed by atoms with Crippen LogP contribution in [-0.4, -0.2) is 51.4 Å². The van der Waals surface area contributed by atoms with Gasteiger partial charge in [-0.05, 0) is 75.6 Å². The average Bonchev–Trinajstić information content (AvgIpc) is 3.14. The minimum atomic E-state index is -1.08. The van der Waals surface area contributed by atoms with Crippen LogP contribution < -0.4 is 4.74 Å². The molecular weight excluding hydrogens is 390 g/mol. The van der Waals surface area contributed by atoms with Crippen LogP contribution in [0.1, 0.15) is 58.6 Å². The molecule has 29 heavy (non-hydrogen) atoms. The van der Waals surface area contributed by atoms with Crippen LogP contribution in [-0.2, 0) is 12.8 Å². The number of H-pyrrole nitrogens is 1. The second kappa shape index (κ2) is 8.00. The third-order valence-corrected chi connectivity index (χ3v) is 6.62. The van der Waals surface area contributed by atoms with E-state index in [1.807, 2.05) is 26.0 Å². The van der Waals surface area contributed by atoms with Gasteiger partial charge in [-0.25, -0.2) is 0 Å². The molecule has 2 aromatic rings. The molecule has 2 N–H and O–H groups in total. The number of aliphatic hydroxyl groups is 1. The number of hydrogen-bond donors (Lipinski definition) is 2. The number of carbonyl (C=O) groups is 1. The molecule has 1 aliphatic heterocycles. The van der Waals surface area contributed by atoms with Gasteiger partial charge in [0.15, 0.2) is 5.69 Å². The number of amides is 1. The summed E-state index contributed by atoms with van der Waals surface area (Å²) in [5.41, 5.74) is 3.47. The largest absolute Gasteiger partial charge is 0.491 e. The molecule has 1 aromatic carbocycles. The van der Waals surface area contributed by atoms with Crippen molar-refractivity contribution in [3.63, 3.8) is 0 Å². The molecule has 1 atom stereocenters. The van der Waals surface area contributed by atoms with Gasteiger partial charge in [0.2, 0.25) is 0 Å². The number of nitrogens with zero attached hydrogens (tertiary/aromatic N) is 2. The molecule has 0 spiro atoms. The number of piperidine rings is 1. The monoisotopic (exact) mass is 417 g/mol. The fourth-order valence-corrected chi connectivity index (χ4v) is 4.53. The van der Waals surface area contributed by atoms with Crippen LogP contribution in [0.3, 0.4) is 0 Å². The first-order valence-corrected chi connectivity index (χ1v) is 10.7. The van der Waals surface area contributed by atoms with Crippen molar-refractivity contribution in [2.24, 2.45) is 0 Å². The summed E-state index contributed by atoms with van der Waals surface area (Å²) in [5, 5.41) is 19.2. The molecule has 2 aliphatic rings. The molecule has 1 fully saturated rings. The van der Waals surface area contributed by atoms with Crippen LogP contribution in [0.25, 0.3) is 0 Å². The number of halogens is 1. The van der Waals surface area contributed by atoms with Crippen molar-refractivity contribution in [1.82, 2.24) is 15.1 Å². The quantitative estimate of drug-likeness (QED) is 0.796. The first-order valence-electron chi connectivity index (χ1n) is 10.3. The van der Waals surface area contributed by atoms with Crippen LogP contribution in [0.15, 0.2) is 12.1 Å². The molecule has 1 unspecified atom stereocenters. The number of aryl methyl sites for hydroxylation is 3. The number of hydrogen-bond acceptors (Lipinski definition) is 4. The molecular formula is C22H28ClN3O3. The van der Waals surface area contributed by atoms with E-state index in [1.165, 1.54) is 0 Å². The lowest BCUT2D eigenvalue weighted by molar-refractivity contribution is -0.0533. The number of aromatic nitrogens is 2. The highest BCUT2D eigenvalue weighted by Gasteiger charge is 2.38. The molecule has 1 aliphatic carbocycles. The van der Waals surface area contributed by atoms with Gasteiger partial charge in [0.1, 0.15) is 18.0 Å². The van der Waals surface area contributed by atoms with Crippen LogP contribution in [0.5, 0.6) is 5.75 Å². The Morgan fingerprint density at radius 3 is 2.76 bits per heavy atom. The number of β-amino-alcohol motifs (C(OH)–C–C–N with tert-alkyl or cyclic N) is 1. The zero-order valence-corrected chi connectivity index (χ0v) is 17.8. The SMILES string of the molecule is Cc1cc(OCC2(O)CCCN(C(=O)c3n[nH]c4c3CCCC4)C2)cc(C)c1Cl. The van der Waals surface area contributed by atoms with Crippen molar-refractivity contribution in [2.75, 3.05) is 19.7 Å². The molecule has 0 radical (unpaired) electrons. The van der Waals surface area contributed by atoms with Gasteiger partial charge in [0, 0.05) is 22.8 Å². The predicted octanol–water partition coefficient (Wildman–Crippen LogP) is 3.60. The first kappa shape index (κ1) is 20.2. The van der Waals surface area contributed by atoms with Crippen molar-refractivity contribution >= 4 is 17.5 Å². The third kappa shape index (κ3) is 4.14. The summed E-state index contributed by atoms with van der Waals surface area (Å²) in [6.07, 6.45) is 5.40. The summed E-state index contributed by atoms with van der Waals surface area (Å²) in [6.45, 7) is 4.88. The second-order valence-corrected chi connectivity index (χ2v) is 8.83. The summed E-state index contributed by atoms with van der Waals surface area (Å²) in [7, 11) is 0. The number of likely N-dealkylation sites (tertiary alicyclic amines) is 1. The smallest absolute Gasteiger partial charge is 0.274 e. The maximum Gasteiger partial charge on any atom is 0.274 e. The van der Waals surface area contributed by atoms with Crippen LogP contribution in [0.4, 0.5) is 0 Å². The van der Waals surface area contributed by atoms with Crippen molar-refractivity contribution in [2.45, 2.75) is 58.0 Å². The highest BCUT2D eigenvalue weighted by Crippen LogP contribution is 2.29. The number of rotatable bonds is 4. The minimum absolute atomic E-state index is 0.0966. The van der Waals surface area contributed by atoms with Gasteiger partial charge in [-0.1, -0.05) is 11.6 Å². The van der Waals surface area contributed by atoms with Crippen LogP contribution in [0, 0.1) is 13.8 Å². The van der Waals surface area contributed by atoms with E-state index >= 15 is 0 Å². The maximum absolute atomic E-state index is 13.1. The molecule has 1 amide bonds. The van der Waals surface area contributed by atoms with Gasteiger partial charge in [-0.3, -0.25) is 9.89 Å². The zero-order valence-electron chi connectivity index (χ0n) is 17.1. The fraction of sp³-hybridized carbons (Fsp3) is 0.545. The average molecular weight is 418 g/mol. The van der Waals surface area contributed by atoms with Crippen molar-refractivity contribution < 1.29 is 14.6 Å². The molecule has 0 bridgehead atoms. The first-order chi connectivity index (χ1) is 13.9. The number of fused-ring (bicyclic) bond motifs is 1.